The summed E-state index contributed by atoms with van der Waals surface area (Å²) in [5, 5.41) is 3.64. The molecule has 2 aromatic carbocycles. The van der Waals surface area contributed by atoms with Crippen molar-refractivity contribution in [2.45, 2.75) is 26.4 Å². The molecule has 1 saturated heterocycles. The maximum atomic E-state index is 12.6. The third-order valence-electron chi connectivity index (χ3n) is 5.07. The molecule has 7 heteroatoms. The van der Waals surface area contributed by atoms with Crippen LogP contribution in [0.2, 0.25) is 0 Å². The molecule has 1 N–H and O–H groups in total. The van der Waals surface area contributed by atoms with Crippen LogP contribution in [0.3, 0.4) is 0 Å². The predicted octanol–water partition coefficient (Wildman–Crippen LogP) is 4.40. The minimum absolute atomic E-state index is 0.0978. The third-order valence-corrected chi connectivity index (χ3v) is 5.98. The van der Waals surface area contributed by atoms with Crippen LogP contribution in [-0.2, 0) is 22.7 Å². The van der Waals surface area contributed by atoms with Crippen molar-refractivity contribution in [3.8, 4) is 0 Å². The van der Waals surface area contributed by atoms with E-state index in [0.717, 1.165) is 40.2 Å². The number of aromatic nitrogens is 1. The van der Waals surface area contributed by atoms with Gasteiger partial charge in [-0.3, -0.25) is 19.3 Å². The fourth-order valence-corrected chi connectivity index (χ4v) is 4.44. The average molecular weight is 434 g/mol. The largest absolute Gasteiger partial charge is 0.350 e. The summed E-state index contributed by atoms with van der Waals surface area (Å²) < 4.78 is 1.87. The van der Waals surface area contributed by atoms with Crippen molar-refractivity contribution >= 4 is 45.8 Å². The Bertz CT molecular complexity index is 1170. The van der Waals surface area contributed by atoms with Crippen LogP contribution >= 0.6 is 11.8 Å². The Morgan fingerprint density at radius 3 is 2.58 bits per heavy atom. The lowest BCUT2D eigenvalue weighted by molar-refractivity contribution is -0.123. The zero-order chi connectivity index (χ0) is 21.8. The van der Waals surface area contributed by atoms with Crippen molar-refractivity contribution < 1.29 is 14.4 Å². The van der Waals surface area contributed by atoms with Crippen molar-refractivity contribution in [1.29, 1.82) is 0 Å². The molecule has 0 unspecified atom stereocenters. The molecular weight excluding hydrogens is 410 g/mol. The van der Waals surface area contributed by atoms with E-state index in [0.29, 0.717) is 18.0 Å². The number of fused-ring (bicyclic) bond motifs is 1. The molecule has 0 atom stereocenters. The first-order chi connectivity index (χ1) is 15.1. The van der Waals surface area contributed by atoms with Gasteiger partial charge in [0, 0.05) is 35.8 Å². The number of amides is 3. The minimum Gasteiger partial charge on any atom is -0.350 e. The van der Waals surface area contributed by atoms with E-state index in [1.165, 1.54) is 4.90 Å². The van der Waals surface area contributed by atoms with E-state index >= 15 is 0 Å². The van der Waals surface area contributed by atoms with E-state index in [2.05, 4.69) is 5.32 Å². The molecule has 31 heavy (non-hydrogen) atoms. The highest BCUT2D eigenvalue weighted by Crippen LogP contribution is 2.34. The summed E-state index contributed by atoms with van der Waals surface area (Å²) in [6.07, 6.45) is 4.34. The molecule has 0 aliphatic carbocycles. The van der Waals surface area contributed by atoms with Crippen molar-refractivity contribution in [2.24, 2.45) is 0 Å². The highest BCUT2D eigenvalue weighted by molar-refractivity contribution is 8.18. The molecule has 1 aliphatic rings. The fourth-order valence-electron chi connectivity index (χ4n) is 3.59. The monoisotopic (exact) mass is 433 g/mol. The number of benzene rings is 2. The summed E-state index contributed by atoms with van der Waals surface area (Å²) in [5.41, 5.74) is 2.75. The highest BCUT2D eigenvalue weighted by Gasteiger charge is 2.34. The summed E-state index contributed by atoms with van der Waals surface area (Å²) >= 11 is 0.964. The summed E-state index contributed by atoms with van der Waals surface area (Å²) in [5.74, 6) is -0.353. The van der Waals surface area contributed by atoms with Crippen LogP contribution in [0.5, 0.6) is 0 Å². The second-order valence-electron chi connectivity index (χ2n) is 7.33. The lowest BCUT2D eigenvalue weighted by Crippen LogP contribution is -2.28. The summed E-state index contributed by atoms with van der Waals surface area (Å²) in [4.78, 5) is 39.0. The molecule has 4 rings (SSSR count). The Labute approximate surface area is 184 Å². The van der Waals surface area contributed by atoms with Gasteiger partial charge in [-0.1, -0.05) is 55.5 Å². The van der Waals surface area contributed by atoms with E-state index < -0.39 is 0 Å². The quantitative estimate of drug-likeness (QED) is 0.561. The molecule has 0 radical (unpaired) electrons. The maximum absolute atomic E-state index is 12.6. The molecule has 158 valence electrons. The number of nitrogens with one attached hydrogen (secondary N) is 1. The number of imide groups is 1. The molecular formula is C24H23N3O3S. The molecule has 1 aromatic heterocycles. The van der Waals surface area contributed by atoms with Gasteiger partial charge < -0.3 is 9.88 Å². The first kappa shape index (κ1) is 20.9. The summed E-state index contributed by atoms with van der Waals surface area (Å²) in [6, 6.07) is 17.5. The Hall–Kier alpha value is -3.32. The van der Waals surface area contributed by atoms with Gasteiger partial charge in [0.2, 0.25) is 5.91 Å². The lowest BCUT2D eigenvalue weighted by Gasteiger charge is -2.09. The molecule has 0 spiro atoms. The third kappa shape index (κ3) is 4.56. The van der Waals surface area contributed by atoms with Crippen LogP contribution in [0, 0.1) is 0 Å². The van der Waals surface area contributed by atoms with Crippen LogP contribution in [0.1, 0.15) is 24.5 Å². The average Bonchev–Trinajstić information content (AvgIpc) is 3.25. The van der Waals surface area contributed by atoms with Crippen molar-refractivity contribution in [2.75, 3.05) is 6.54 Å². The second-order valence-corrected chi connectivity index (χ2v) is 8.32. The maximum Gasteiger partial charge on any atom is 0.293 e. The molecule has 6 nitrogen and oxygen atoms in total. The van der Waals surface area contributed by atoms with Gasteiger partial charge >= 0.3 is 0 Å². The molecule has 0 bridgehead atoms. The van der Waals surface area contributed by atoms with Crippen LogP contribution in [0.4, 0.5) is 4.79 Å². The SMILES string of the molecule is CCCN1C(=O)S/C(=C\c2cn(CC(=O)NCc3ccccc3)c3ccccc23)C1=O. The van der Waals surface area contributed by atoms with E-state index in [-0.39, 0.29) is 23.6 Å². The molecule has 1 aliphatic heterocycles. The smallest absolute Gasteiger partial charge is 0.293 e. The van der Waals surface area contributed by atoms with E-state index in [1.54, 1.807) is 6.08 Å². The van der Waals surface area contributed by atoms with Gasteiger partial charge in [0.1, 0.15) is 6.54 Å². The van der Waals surface area contributed by atoms with Gasteiger partial charge in [-0.05, 0) is 35.9 Å². The fraction of sp³-hybridized carbons (Fsp3) is 0.208. The first-order valence-corrected chi connectivity index (χ1v) is 11.0. The standard InChI is InChI=1S/C24H23N3O3S/c1-2-12-27-23(29)21(31-24(27)30)13-18-15-26(20-11-7-6-10-19(18)20)16-22(28)25-14-17-8-4-3-5-9-17/h3-11,13,15H,2,12,14,16H2,1H3,(H,25,28)/b21-13-. The first-order valence-electron chi connectivity index (χ1n) is 10.2. The number of hydrogen-bond donors (Lipinski definition) is 1. The number of carbonyl (C=O) groups excluding carboxylic acids is 3. The molecule has 3 amide bonds. The number of thioether (sulfide) groups is 1. The molecule has 3 aromatic rings. The van der Waals surface area contributed by atoms with Crippen LogP contribution in [0.25, 0.3) is 17.0 Å². The van der Waals surface area contributed by atoms with Gasteiger partial charge in [-0.15, -0.1) is 0 Å². The number of nitrogens with zero attached hydrogens (tertiary/aromatic N) is 2. The Morgan fingerprint density at radius 1 is 1.06 bits per heavy atom. The van der Waals surface area contributed by atoms with Gasteiger partial charge in [-0.25, -0.2) is 0 Å². The molecule has 2 heterocycles. The number of rotatable bonds is 7. The highest BCUT2D eigenvalue weighted by atomic mass is 32.2. The zero-order valence-corrected chi connectivity index (χ0v) is 18.0. The molecule has 1 fully saturated rings. The molecule has 0 saturated carbocycles. The normalized spacial score (nSPS) is 15.3. The van der Waals surface area contributed by atoms with Crippen LogP contribution < -0.4 is 5.32 Å². The summed E-state index contributed by atoms with van der Waals surface area (Å²) in [7, 11) is 0. The van der Waals surface area contributed by atoms with E-state index in [9.17, 15) is 14.4 Å². The number of carbonyl (C=O) groups is 3. The van der Waals surface area contributed by atoms with Crippen molar-refractivity contribution in [1.82, 2.24) is 14.8 Å². The van der Waals surface area contributed by atoms with E-state index in [4.69, 9.17) is 0 Å². The van der Waals surface area contributed by atoms with Crippen molar-refractivity contribution in [3.05, 3.63) is 76.8 Å². The zero-order valence-electron chi connectivity index (χ0n) is 17.2. The lowest BCUT2D eigenvalue weighted by atomic mass is 10.1. The van der Waals surface area contributed by atoms with Gasteiger partial charge in [0.25, 0.3) is 11.1 Å². The van der Waals surface area contributed by atoms with Gasteiger partial charge in [0.05, 0.1) is 4.91 Å². The predicted molar refractivity (Wildman–Crippen MR) is 123 cm³/mol. The van der Waals surface area contributed by atoms with Crippen LogP contribution in [0.15, 0.2) is 65.7 Å². The topological polar surface area (TPSA) is 71.4 Å². The Kier molecular flexibility index (Phi) is 6.23. The Morgan fingerprint density at radius 2 is 1.81 bits per heavy atom. The second kappa shape index (κ2) is 9.22. The number of para-hydroxylation sites is 1. The Balaban J connectivity index is 1.56. The van der Waals surface area contributed by atoms with Gasteiger partial charge in [-0.2, -0.15) is 0 Å². The van der Waals surface area contributed by atoms with Crippen LogP contribution in [-0.4, -0.2) is 33.1 Å². The van der Waals surface area contributed by atoms with E-state index in [1.807, 2.05) is 72.3 Å². The van der Waals surface area contributed by atoms with Crippen molar-refractivity contribution in [3.63, 3.8) is 0 Å². The number of hydrogen-bond acceptors (Lipinski definition) is 4. The summed E-state index contributed by atoms with van der Waals surface area (Å²) in [6.45, 7) is 2.99. The van der Waals surface area contributed by atoms with Gasteiger partial charge in [0.15, 0.2) is 0 Å². The minimum atomic E-state index is -0.255.